The van der Waals surface area contributed by atoms with Gasteiger partial charge in [0.25, 0.3) is 0 Å². The van der Waals surface area contributed by atoms with Crippen LogP contribution in [0.3, 0.4) is 0 Å². The van der Waals surface area contributed by atoms with Gasteiger partial charge in [-0.1, -0.05) is 0 Å². The van der Waals surface area contributed by atoms with Crippen LogP contribution in [0.1, 0.15) is 40.5 Å². The summed E-state index contributed by atoms with van der Waals surface area (Å²) in [5.74, 6) is 0.626. The Morgan fingerprint density at radius 2 is 1.86 bits per heavy atom. The summed E-state index contributed by atoms with van der Waals surface area (Å²) < 4.78 is 13.2. The first-order valence-electron chi connectivity index (χ1n) is 9.32. The number of amides is 1. The molecular weight excluding hydrogens is 400 g/mol. The number of aromatic hydroxyl groups is 2. The van der Waals surface area contributed by atoms with Gasteiger partial charge in [0.1, 0.15) is 0 Å². The second-order valence-corrected chi connectivity index (χ2v) is 9.07. The number of nitrogens with zero attached hydrogens (tertiary/aromatic N) is 1. The summed E-state index contributed by atoms with van der Waals surface area (Å²) in [7, 11) is 0. The fourth-order valence-electron chi connectivity index (χ4n) is 2.58. The summed E-state index contributed by atoms with van der Waals surface area (Å²) in [6, 6.07) is 1.54. The van der Waals surface area contributed by atoms with Crippen LogP contribution in [-0.2, 0) is 20.8 Å². The topological polar surface area (TPSA) is 93.0 Å². The monoisotopic (exact) mass is 434 g/mol. The average Bonchev–Trinajstić information content (AvgIpc) is 2.86. The molecule has 162 valence electrons. The predicted octanol–water partition coefficient (Wildman–Crippen LogP) is 3.04. The first-order valence-corrected chi connectivity index (χ1v) is 11.2. The molecule has 0 aliphatic carbocycles. The van der Waals surface area contributed by atoms with E-state index >= 15 is 0 Å². The zero-order valence-corrected chi connectivity index (χ0v) is 19.2. The van der Waals surface area contributed by atoms with Crippen molar-refractivity contribution in [3.8, 4) is 11.8 Å². The molecule has 0 aromatic carbocycles. The van der Waals surface area contributed by atoms with E-state index in [1.807, 2.05) is 34.0 Å². The second-order valence-electron chi connectivity index (χ2n) is 7.77. The highest BCUT2D eigenvalue weighted by Gasteiger charge is 2.26. The van der Waals surface area contributed by atoms with Crippen LogP contribution >= 0.6 is 24.4 Å². The Balaban J connectivity index is 2.43. The third kappa shape index (κ3) is 8.55. The van der Waals surface area contributed by atoms with Gasteiger partial charge in [0.05, 0.1) is 35.9 Å². The number of nitrogens with one attached hydrogen (secondary N) is 1. The number of thiol groups is 1. The highest BCUT2D eigenvalue weighted by Crippen LogP contribution is 2.35. The lowest BCUT2D eigenvalue weighted by Crippen LogP contribution is -2.34. The Labute approximate surface area is 177 Å². The lowest BCUT2D eigenvalue weighted by Gasteiger charge is -2.30. The van der Waals surface area contributed by atoms with Crippen LogP contribution < -0.4 is 5.32 Å². The standard InChI is InChI=1S/C19H34N2O5S2/c1-18(2,25-9-6-15(22)20-8-11-27)7-10-26-19(3,4)13-21-16(23)12-14(28-5)17(21)24/h12,23-24,27H,6-11,13H2,1-5H3,(H,20,22). The van der Waals surface area contributed by atoms with E-state index in [9.17, 15) is 15.0 Å². The highest BCUT2D eigenvalue weighted by atomic mass is 32.2. The molecule has 28 heavy (non-hydrogen) atoms. The number of ether oxygens (including phenoxy) is 2. The van der Waals surface area contributed by atoms with Crippen LogP contribution in [-0.4, -0.2) is 63.7 Å². The summed E-state index contributed by atoms with van der Waals surface area (Å²) in [6.07, 6.45) is 2.80. The van der Waals surface area contributed by atoms with Gasteiger partial charge in [-0.05, 0) is 40.4 Å². The van der Waals surface area contributed by atoms with E-state index in [2.05, 4.69) is 17.9 Å². The molecule has 0 aliphatic heterocycles. The molecule has 1 aromatic rings. The molecule has 0 aliphatic rings. The second kappa shape index (κ2) is 11.2. The largest absolute Gasteiger partial charge is 0.494 e. The molecule has 0 unspecified atom stereocenters. The third-order valence-electron chi connectivity index (χ3n) is 4.22. The molecule has 0 bridgehead atoms. The summed E-state index contributed by atoms with van der Waals surface area (Å²) in [4.78, 5) is 12.2. The van der Waals surface area contributed by atoms with E-state index in [0.29, 0.717) is 49.8 Å². The molecule has 9 heteroatoms. The van der Waals surface area contributed by atoms with Crippen molar-refractivity contribution in [2.45, 2.75) is 63.2 Å². The van der Waals surface area contributed by atoms with Crippen LogP contribution in [0.25, 0.3) is 0 Å². The third-order valence-corrected chi connectivity index (χ3v) is 5.19. The maximum absolute atomic E-state index is 11.6. The fraction of sp³-hybridized carbons (Fsp3) is 0.737. The minimum atomic E-state index is -0.591. The molecular formula is C19H34N2O5S2. The number of thioether (sulfide) groups is 1. The minimum absolute atomic E-state index is 0.0124. The van der Waals surface area contributed by atoms with E-state index < -0.39 is 11.2 Å². The number of carbonyl (C=O) groups excluding carboxylic acids is 1. The smallest absolute Gasteiger partial charge is 0.222 e. The molecule has 1 aromatic heterocycles. The molecule has 0 atom stereocenters. The number of carbonyl (C=O) groups is 1. The molecule has 0 saturated heterocycles. The quantitative estimate of drug-likeness (QED) is 0.282. The van der Waals surface area contributed by atoms with Crippen LogP contribution in [0.5, 0.6) is 11.8 Å². The highest BCUT2D eigenvalue weighted by molar-refractivity contribution is 7.98. The Kier molecular flexibility index (Phi) is 10.0. The van der Waals surface area contributed by atoms with Crippen LogP contribution in [0.2, 0.25) is 0 Å². The Morgan fingerprint density at radius 3 is 2.43 bits per heavy atom. The lowest BCUT2D eigenvalue weighted by molar-refractivity contribution is -0.124. The van der Waals surface area contributed by atoms with Crippen LogP contribution in [0.4, 0.5) is 0 Å². The van der Waals surface area contributed by atoms with Gasteiger partial charge in [-0.3, -0.25) is 9.36 Å². The van der Waals surface area contributed by atoms with Crippen molar-refractivity contribution in [3.63, 3.8) is 0 Å². The van der Waals surface area contributed by atoms with Crippen molar-refractivity contribution < 1.29 is 24.5 Å². The van der Waals surface area contributed by atoms with E-state index in [4.69, 9.17) is 9.47 Å². The molecule has 1 heterocycles. The normalized spacial score (nSPS) is 12.4. The maximum atomic E-state index is 11.6. The Morgan fingerprint density at radius 1 is 1.21 bits per heavy atom. The van der Waals surface area contributed by atoms with Gasteiger partial charge in [0.15, 0.2) is 5.88 Å². The minimum Gasteiger partial charge on any atom is -0.494 e. The maximum Gasteiger partial charge on any atom is 0.222 e. The lowest BCUT2D eigenvalue weighted by atomic mass is 10.1. The van der Waals surface area contributed by atoms with Crippen molar-refractivity contribution in [2.24, 2.45) is 0 Å². The summed E-state index contributed by atoms with van der Waals surface area (Å²) >= 11 is 5.42. The first-order chi connectivity index (χ1) is 13.0. The van der Waals surface area contributed by atoms with Crippen LogP contribution in [0.15, 0.2) is 11.0 Å². The van der Waals surface area contributed by atoms with Gasteiger partial charge in [-0.25, -0.2) is 0 Å². The van der Waals surface area contributed by atoms with Crippen LogP contribution in [0, 0.1) is 0 Å². The number of rotatable bonds is 13. The fourth-order valence-corrected chi connectivity index (χ4v) is 3.21. The van der Waals surface area contributed by atoms with E-state index in [0.717, 1.165) is 0 Å². The number of hydrogen-bond acceptors (Lipinski definition) is 7. The zero-order valence-electron chi connectivity index (χ0n) is 17.4. The van der Waals surface area contributed by atoms with Gasteiger partial charge in [-0.15, -0.1) is 11.8 Å². The molecule has 0 saturated carbocycles. The van der Waals surface area contributed by atoms with Gasteiger partial charge in [0.2, 0.25) is 11.8 Å². The first kappa shape index (κ1) is 25.0. The van der Waals surface area contributed by atoms with Crippen molar-refractivity contribution in [1.29, 1.82) is 0 Å². The summed E-state index contributed by atoms with van der Waals surface area (Å²) in [6.45, 7) is 9.40. The van der Waals surface area contributed by atoms with Gasteiger partial charge < -0.3 is 25.0 Å². The Bertz CT molecular complexity index is 632. The molecule has 1 rings (SSSR count). The van der Waals surface area contributed by atoms with E-state index in [-0.39, 0.29) is 17.7 Å². The summed E-state index contributed by atoms with van der Waals surface area (Å²) in [5.41, 5.74) is -1.02. The number of hydrogen-bond donors (Lipinski definition) is 4. The molecule has 0 radical (unpaired) electrons. The zero-order chi connectivity index (χ0) is 21.4. The molecule has 0 spiro atoms. The van der Waals surface area contributed by atoms with Crippen molar-refractivity contribution >= 4 is 30.3 Å². The van der Waals surface area contributed by atoms with Gasteiger partial charge >= 0.3 is 0 Å². The van der Waals surface area contributed by atoms with Crippen molar-refractivity contribution in [3.05, 3.63) is 6.07 Å². The Hall–Kier alpha value is -1.03. The van der Waals surface area contributed by atoms with Crippen molar-refractivity contribution in [1.82, 2.24) is 9.88 Å². The predicted molar refractivity (Wildman–Crippen MR) is 116 cm³/mol. The van der Waals surface area contributed by atoms with E-state index in [1.54, 1.807) is 6.07 Å². The SMILES string of the molecule is CSc1cc(O)n(CC(C)(C)OCCC(C)(C)OCCC(=O)NCCS)c1O. The molecule has 7 nitrogen and oxygen atoms in total. The molecule has 3 N–H and O–H groups in total. The summed E-state index contributed by atoms with van der Waals surface area (Å²) in [5, 5.41) is 23.0. The number of aromatic nitrogens is 1. The van der Waals surface area contributed by atoms with Crippen molar-refractivity contribution in [2.75, 3.05) is 31.8 Å². The molecule has 0 fully saturated rings. The van der Waals surface area contributed by atoms with E-state index in [1.165, 1.54) is 16.3 Å². The molecule has 1 amide bonds. The van der Waals surface area contributed by atoms with Gasteiger partial charge in [0, 0.05) is 24.8 Å². The average molecular weight is 435 g/mol. The van der Waals surface area contributed by atoms with Gasteiger partial charge in [-0.2, -0.15) is 12.6 Å².